The molecule has 2 heterocycles. The van der Waals surface area contributed by atoms with Crippen LogP contribution in [0.25, 0.3) is 16.2 Å². The second-order valence-electron chi connectivity index (χ2n) is 4.34. The fourth-order valence-electron chi connectivity index (χ4n) is 2.27. The monoisotopic (exact) mass is 272 g/mol. The first-order valence-corrected chi connectivity index (χ1v) is 6.68. The first kappa shape index (κ1) is 11.9. The molecule has 19 heavy (non-hydrogen) atoms. The fraction of sp³-hybridized carbons (Fsp3) is 0.143. The summed E-state index contributed by atoms with van der Waals surface area (Å²) in [6, 6.07) is 9.81. The van der Waals surface area contributed by atoms with Crippen LogP contribution in [0.5, 0.6) is 0 Å². The topological polar surface area (TPSA) is 54.6 Å². The summed E-state index contributed by atoms with van der Waals surface area (Å²) in [6.45, 7) is 3.71. The maximum Gasteiger partial charge on any atom is 0.354 e. The zero-order valence-electron chi connectivity index (χ0n) is 10.5. The Bertz CT molecular complexity index is 772. The lowest BCUT2D eigenvalue weighted by molar-refractivity contribution is 0.0688. The van der Waals surface area contributed by atoms with Crippen molar-refractivity contribution in [1.82, 2.24) is 9.38 Å². The number of rotatable bonds is 2. The number of carboxylic acid groups (broad SMARTS) is 1. The van der Waals surface area contributed by atoms with Crippen LogP contribution in [0.15, 0.2) is 30.3 Å². The van der Waals surface area contributed by atoms with Gasteiger partial charge in [0, 0.05) is 16.1 Å². The van der Waals surface area contributed by atoms with Gasteiger partial charge in [-0.25, -0.2) is 9.78 Å². The Labute approximate surface area is 114 Å². The molecule has 2 aromatic heterocycles. The molecule has 4 nitrogen and oxygen atoms in total. The number of aromatic nitrogens is 2. The van der Waals surface area contributed by atoms with Crippen molar-refractivity contribution in [1.29, 1.82) is 0 Å². The third-order valence-corrected chi connectivity index (χ3v) is 4.08. The van der Waals surface area contributed by atoms with Crippen molar-refractivity contribution in [3.8, 4) is 11.3 Å². The van der Waals surface area contributed by atoms with Crippen LogP contribution in [0.4, 0.5) is 0 Å². The van der Waals surface area contributed by atoms with E-state index in [1.165, 1.54) is 11.3 Å². The van der Waals surface area contributed by atoms with E-state index in [-0.39, 0.29) is 0 Å². The molecule has 0 saturated carbocycles. The molecule has 0 aliphatic rings. The van der Waals surface area contributed by atoms with E-state index in [9.17, 15) is 9.90 Å². The summed E-state index contributed by atoms with van der Waals surface area (Å²) in [5.41, 5.74) is 3.02. The summed E-state index contributed by atoms with van der Waals surface area (Å²) in [5, 5.41) is 9.31. The smallest absolute Gasteiger partial charge is 0.354 e. The van der Waals surface area contributed by atoms with Gasteiger partial charge in [0.2, 0.25) is 0 Å². The minimum atomic E-state index is -0.913. The van der Waals surface area contributed by atoms with Gasteiger partial charge in [0.15, 0.2) is 4.96 Å². The van der Waals surface area contributed by atoms with Gasteiger partial charge in [0.1, 0.15) is 5.69 Å². The van der Waals surface area contributed by atoms with Crippen LogP contribution < -0.4 is 0 Å². The minimum Gasteiger partial charge on any atom is -0.477 e. The molecular formula is C14H12N2O2S. The number of nitrogens with zero attached hydrogens (tertiary/aromatic N) is 2. The molecule has 5 heteroatoms. The van der Waals surface area contributed by atoms with Gasteiger partial charge in [-0.2, -0.15) is 0 Å². The Balaban J connectivity index is 2.31. The third kappa shape index (κ3) is 1.74. The number of carbonyl (C=O) groups is 1. The van der Waals surface area contributed by atoms with E-state index >= 15 is 0 Å². The molecule has 0 bridgehead atoms. The van der Waals surface area contributed by atoms with Crippen LogP contribution in [-0.4, -0.2) is 20.5 Å². The summed E-state index contributed by atoms with van der Waals surface area (Å²) in [4.78, 5) is 17.4. The minimum absolute atomic E-state index is 0.312. The van der Waals surface area contributed by atoms with E-state index in [1.54, 1.807) is 4.40 Å². The Morgan fingerprint density at radius 1 is 1.26 bits per heavy atom. The second kappa shape index (κ2) is 4.20. The van der Waals surface area contributed by atoms with Gasteiger partial charge in [0.05, 0.1) is 5.69 Å². The normalized spacial score (nSPS) is 11.1. The lowest BCUT2D eigenvalue weighted by atomic mass is 10.1. The van der Waals surface area contributed by atoms with Crippen molar-refractivity contribution in [2.45, 2.75) is 13.8 Å². The highest BCUT2D eigenvalue weighted by Crippen LogP contribution is 2.30. The first-order chi connectivity index (χ1) is 9.09. The quantitative estimate of drug-likeness (QED) is 0.778. The predicted molar refractivity (Wildman–Crippen MR) is 74.9 cm³/mol. The van der Waals surface area contributed by atoms with Gasteiger partial charge in [-0.1, -0.05) is 30.3 Å². The standard InChI is InChI=1S/C14H12N2O2S/c1-8-11(10-6-4-3-5-7-10)15-14-16(8)12(13(17)18)9(2)19-14/h3-7H,1-2H3,(H,17,18). The molecule has 0 spiro atoms. The lowest BCUT2D eigenvalue weighted by Gasteiger charge is -2.00. The molecule has 3 rings (SSSR count). The van der Waals surface area contributed by atoms with Crippen molar-refractivity contribution in [2.24, 2.45) is 0 Å². The van der Waals surface area contributed by atoms with Gasteiger partial charge in [0.25, 0.3) is 0 Å². The summed E-state index contributed by atoms with van der Waals surface area (Å²) < 4.78 is 1.73. The number of thiazole rings is 1. The molecule has 0 radical (unpaired) electrons. The van der Waals surface area contributed by atoms with Crippen molar-refractivity contribution >= 4 is 22.3 Å². The number of benzene rings is 1. The highest BCUT2D eigenvalue weighted by molar-refractivity contribution is 7.17. The van der Waals surface area contributed by atoms with E-state index in [4.69, 9.17) is 0 Å². The first-order valence-electron chi connectivity index (χ1n) is 5.86. The summed E-state index contributed by atoms with van der Waals surface area (Å²) in [6.07, 6.45) is 0. The maximum atomic E-state index is 11.4. The number of aryl methyl sites for hydroxylation is 2. The zero-order chi connectivity index (χ0) is 13.6. The highest BCUT2D eigenvalue weighted by atomic mass is 32.1. The van der Waals surface area contributed by atoms with Gasteiger partial charge in [-0.05, 0) is 13.8 Å². The van der Waals surface area contributed by atoms with E-state index in [1.807, 2.05) is 44.2 Å². The van der Waals surface area contributed by atoms with Crippen LogP contribution in [0.2, 0.25) is 0 Å². The molecule has 1 N–H and O–H groups in total. The van der Waals surface area contributed by atoms with Crippen molar-refractivity contribution in [3.63, 3.8) is 0 Å². The van der Waals surface area contributed by atoms with Crippen molar-refractivity contribution < 1.29 is 9.90 Å². The van der Waals surface area contributed by atoms with Crippen LogP contribution in [-0.2, 0) is 0 Å². The number of fused-ring (bicyclic) bond motifs is 1. The van der Waals surface area contributed by atoms with Gasteiger partial charge >= 0.3 is 5.97 Å². The Hall–Kier alpha value is -2.14. The second-order valence-corrected chi connectivity index (χ2v) is 5.52. The largest absolute Gasteiger partial charge is 0.477 e. The maximum absolute atomic E-state index is 11.4. The molecule has 0 aliphatic carbocycles. The van der Waals surface area contributed by atoms with Crippen molar-refractivity contribution in [3.05, 3.63) is 46.6 Å². The van der Waals surface area contributed by atoms with Crippen LogP contribution in [0, 0.1) is 13.8 Å². The average Bonchev–Trinajstić information content (AvgIpc) is 2.87. The SMILES string of the molecule is Cc1sc2nc(-c3ccccc3)c(C)n2c1C(=O)O. The summed E-state index contributed by atoms with van der Waals surface area (Å²) >= 11 is 1.41. The third-order valence-electron chi connectivity index (χ3n) is 3.13. The highest BCUT2D eigenvalue weighted by Gasteiger charge is 2.21. The van der Waals surface area contributed by atoms with E-state index in [0.717, 1.165) is 26.8 Å². The Morgan fingerprint density at radius 2 is 1.95 bits per heavy atom. The molecule has 0 atom stereocenters. The van der Waals surface area contributed by atoms with E-state index < -0.39 is 5.97 Å². The summed E-state index contributed by atoms with van der Waals surface area (Å²) in [7, 11) is 0. The molecular weight excluding hydrogens is 260 g/mol. The van der Waals surface area contributed by atoms with E-state index in [2.05, 4.69) is 4.98 Å². The molecule has 0 unspecified atom stereocenters. The number of carboxylic acids is 1. The Kier molecular flexibility index (Phi) is 2.64. The fourth-order valence-corrected chi connectivity index (χ4v) is 3.27. The number of hydrogen-bond acceptors (Lipinski definition) is 3. The van der Waals surface area contributed by atoms with Crippen LogP contribution in [0.3, 0.4) is 0 Å². The molecule has 96 valence electrons. The molecule has 0 saturated heterocycles. The molecule has 3 aromatic rings. The molecule has 0 fully saturated rings. The average molecular weight is 272 g/mol. The number of aromatic carboxylic acids is 1. The number of hydrogen-bond donors (Lipinski definition) is 1. The lowest BCUT2D eigenvalue weighted by Crippen LogP contribution is -2.04. The molecule has 0 aliphatic heterocycles. The van der Waals surface area contributed by atoms with Gasteiger partial charge in [-0.3, -0.25) is 4.40 Å². The predicted octanol–water partition coefficient (Wildman–Crippen LogP) is 3.38. The van der Waals surface area contributed by atoms with Crippen molar-refractivity contribution in [2.75, 3.05) is 0 Å². The summed E-state index contributed by atoms with van der Waals surface area (Å²) in [5.74, 6) is -0.913. The Morgan fingerprint density at radius 3 is 2.58 bits per heavy atom. The number of imidazole rings is 1. The molecule has 0 amide bonds. The zero-order valence-corrected chi connectivity index (χ0v) is 11.4. The van der Waals surface area contributed by atoms with Gasteiger partial charge in [-0.15, -0.1) is 11.3 Å². The molecule has 1 aromatic carbocycles. The van der Waals surface area contributed by atoms with Crippen LogP contribution in [0.1, 0.15) is 21.1 Å². The van der Waals surface area contributed by atoms with Crippen LogP contribution >= 0.6 is 11.3 Å². The van der Waals surface area contributed by atoms with Gasteiger partial charge < -0.3 is 5.11 Å². The van der Waals surface area contributed by atoms with E-state index in [0.29, 0.717) is 5.69 Å².